The fourth-order valence-corrected chi connectivity index (χ4v) is 3.19. The van der Waals surface area contributed by atoms with E-state index >= 15 is 0 Å². The molecule has 1 aliphatic rings. The average Bonchev–Trinajstić information content (AvgIpc) is 2.78. The summed E-state index contributed by atoms with van der Waals surface area (Å²) >= 11 is 0. The standard InChI is InChI=1S/C17H30N2/c1-14(2)8-5-3-4-6-12-19-13-11-15-16(18)9-7-10-17(15)19/h11,13-14,16H,3-10,12,18H2,1-2H3. The Bertz CT molecular complexity index is 379. The number of hydrogen-bond donors (Lipinski definition) is 1. The van der Waals surface area contributed by atoms with Crippen LogP contribution in [0.15, 0.2) is 12.3 Å². The Kier molecular flexibility index (Phi) is 5.50. The van der Waals surface area contributed by atoms with Gasteiger partial charge in [0.2, 0.25) is 0 Å². The van der Waals surface area contributed by atoms with Crippen molar-refractivity contribution in [3.05, 3.63) is 23.5 Å². The molecule has 2 nitrogen and oxygen atoms in total. The maximum atomic E-state index is 6.17. The molecule has 108 valence electrons. The second-order valence-corrected chi connectivity index (χ2v) is 6.51. The molecular weight excluding hydrogens is 232 g/mol. The highest BCUT2D eigenvalue weighted by atomic mass is 15.0. The quantitative estimate of drug-likeness (QED) is 0.724. The predicted molar refractivity (Wildman–Crippen MR) is 82.2 cm³/mol. The summed E-state index contributed by atoms with van der Waals surface area (Å²) < 4.78 is 2.46. The molecule has 2 N–H and O–H groups in total. The predicted octanol–water partition coefficient (Wildman–Crippen LogP) is 4.43. The van der Waals surface area contributed by atoms with Crippen molar-refractivity contribution in [1.82, 2.24) is 4.57 Å². The number of aromatic nitrogens is 1. The number of aryl methyl sites for hydroxylation is 1. The second kappa shape index (κ2) is 7.14. The first-order chi connectivity index (χ1) is 9.18. The van der Waals surface area contributed by atoms with Crippen molar-refractivity contribution in [1.29, 1.82) is 0 Å². The van der Waals surface area contributed by atoms with Crippen LogP contribution in [0.1, 0.15) is 76.1 Å². The number of hydrogen-bond acceptors (Lipinski definition) is 1. The molecule has 19 heavy (non-hydrogen) atoms. The normalized spacial score (nSPS) is 18.8. The molecule has 0 spiro atoms. The molecule has 0 aliphatic heterocycles. The van der Waals surface area contributed by atoms with Crippen molar-refractivity contribution in [3.8, 4) is 0 Å². The van der Waals surface area contributed by atoms with Crippen LogP contribution < -0.4 is 5.73 Å². The number of unbranched alkanes of at least 4 members (excludes halogenated alkanes) is 3. The van der Waals surface area contributed by atoms with Gasteiger partial charge in [-0.05, 0) is 43.2 Å². The van der Waals surface area contributed by atoms with Crippen LogP contribution in [0, 0.1) is 5.92 Å². The molecule has 0 aromatic carbocycles. The van der Waals surface area contributed by atoms with Gasteiger partial charge in [-0.1, -0.05) is 39.5 Å². The molecule has 1 aromatic heterocycles. The highest BCUT2D eigenvalue weighted by Gasteiger charge is 2.19. The Hall–Kier alpha value is -0.760. The molecule has 1 heterocycles. The monoisotopic (exact) mass is 262 g/mol. The maximum Gasteiger partial charge on any atom is 0.0312 e. The van der Waals surface area contributed by atoms with Crippen molar-refractivity contribution in [3.63, 3.8) is 0 Å². The van der Waals surface area contributed by atoms with Crippen molar-refractivity contribution in [2.24, 2.45) is 11.7 Å². The van der Waals surface area contributed by atoms with Crippen molar-refractivity contribution >= 4 is 0 Å². The van der Waals surface area contributed by atoms with E-state index < -0.39 is 0 Å². The average molecular weight is 262 g/mol. The highest BCUT2D eigenvalue weighted by molar-refractivity contribution is 5.28. The first kappa shape index (κ1) is 14.6. The molecule has 1 aliphatic carbocycles. The van der Waals surface area contributed by atoms with Gasteiger partial charge in [0.15, 0.2) is 0 Å². The highest BCUT2D eigenvalue weighted by Crippen LogP contribution is 2.29. The van der Waals surface area contributed by atoms with E-state index in [1.165, 1.54) is 62.7 Å². The van der Waals surface area contributed by atoms with Crippen LogP contribution in [0.25, 0.3) is 0 Å². The molecule has 0 bridgehead atoms. The van der Waals surface area contributed by atoms with Gasteiger partial charge in [-0.2, -0.15) is 0 Å². The van der Waals surface area contributed by atoms with E-state index in [1.807, 2.05) is 0 Å². The van der Waals surface area contributed by atoms with Crippen molar-refractivity contribution < 1.29 is 0 Å². The van der Waals surface area contributed by atoms with E-state index in [1.54, 1.807) is 0 Å². The smallest absolute Gasteiger partial charge is 0.0312 e. The van der Waals surface area contributed by atoms with Gasteiger partial charge in [-0.3, -0.25) is 0 Å². The molecule has 0 saturated heterocycles. The molecule has 0 fully saturated rings. The number of fused-ring (bicyclic) bond motifs is 1. The first-order valence-corrected chi connectivity index (χ1v) is 8.12. The Morgan fingerprint density at radius 3 is 2.84 bits per heavy atom. The topological polar surface area (TPSA) is 30.9 Å². The van der Waals surface area contributed by atoms with Gasteiger partial charge in [0.1, 0.15) is 0 Å². The van der Waals surface area contributed by atoms with Crippen LogP contribution in [0.4, 0.5) is 0 Å². The first-order valence-electron chi connectivity index (χ1n) is 8.12. The SMILES string of the molecule is CC(C)CCCCCCn1ccc2c1CCCC2N. The summed E-state index contributed by atoms with van der Waals surface area (Å²) in [5.74, 6) is 0.859. The number of nitrogens with two attached hydrogens (primary N) is 1. The van der Waals surface area contributed by atoms with E-state index in [9.17, 15) is 0 Å². The molecule has 1 atom stereocenters. The lowest BCUT2D eigenvalue weighted by Gasteiger charge is -2.21. The number of rotatable bonds is 7. The lowest BCUT2D eigenvalue weighted by atomic mass is 9.93. The summed E-state index contributed by atoms with van der Waals surface area (Å²) in [6.45, 7) is 5.81. The van der Waals surface area contributed by atoms with Gasteiger partial charge in [0.25, 0.3) is 0 Å². The molecule has 2 rings (SSSR count). The van der Waals surface area contributed by atoms with Crippen LogP contribution in [0.3, 0.4) is 0 Å². The van der Waals surface area contributed by atoms with E-state index in [4.69, 9.17) is 5.73 Å². The minimum atomic E-state index is 0.288. The van der Waals surface area contributed by atoms with Crippen molar-refractivity contribution in [2.75, 3.05) is 0 Å². The van der Waals surface area contributed by atoms with Gasteiger partial charge in [0, 0.05) is 24.5 Å². The van der Waals surface area contributed by atoms with Gasteiger partial charge in [-0.25, -0.2) is 0 Å². The Balaban J connectivity index is 1.72. The Labute approximate surface area is 118 Å². The molecule has 2 heteroatoms. The zero-order chi connectivity index (χ0) is 13.7. The fourth-order valence-electron chi connectivity index (χ4n) is 3.19. The van der Waals surface area contributed by atoms with Crippen molar-refractivity contribution in [2.45, 2.75) is 77.8 Å². The fraction of sp³-hybridized carbons (Fsp3) is 0.765. The molecule has 1 unspecified atom stereocenters. The molecule has 0 saturated carbocycles. The molecule has 0 radical (unpaired) electrons. The molecule has 0 amide bonds. The summed E-state index contributed by atoms with van der Waals surface area (Å²) in [5.41, 5.74) is 9.09. The van der Waals surface area contributed by atoms with E-state index in [0.29, 0.717) is 0 Å². The van der Waals surface area contributed by atoms with Crippen LogP contribution >= 0.6 is 0 Å². The molecular formula is C17H30N2. The van der Waals surface area contributed by atoms with Crippen LogP contribution in [0.5, 0.6) is 0 Å². The Morgan fingerprint density at radius 1 is 1.26 bits per heavy atom. The maximum absolute atomic E-state index is 6.17. The van der Waals surface area contributed by atoms with Gasteiger partial charge in [0.05, 0.1) is 0 Å². The van der Waals surface area contributed by atoms with E-state index in [0.717, 1.165) is 12.3 Å². The van der Waals surface area contributed by atoms with Crippen LogP contribution in [-0.2, 0) is 13.0 Å². The van der Waals surface area contributed by atoms with Gasteiger partial charge < -0.3 is 10.3 Å². The van der Waals surface area contributed by atoms with E-state index in [2.05, 4.69) is 30.7 Å². The third-order valence-corrected chi connectivity index (χ3v) is 4.37. The number of nitrogens with zero attached hydrogens (tertiary/aromatic N) is 1. The molecule has 1 aromatic rings. The minimum absolute atomic E-state index is 0.288. The summed E-state index contributed by atoms with van der Waals surface area (Å²) in [6, 6.07) is 2.54. The zero-order valence-corrected chi connectivity index (χ0v) is 12.7. The lowest BCUT2D eigenvalue weighted by Crippen LogP contribution is -2.18. The summed E-state index contributed by atoms with van der Waals surface area (Å²) in [7, 11) is 0. The summed E-state index contributed by atoms with van der Waals surface area (Å²) in [5, 5.41) is 0. The lowest BCUT2D eigenvalue weighted by molar-refractivity contribution is 0.494. The third kappa shape index (κ3) is 4.10. The summed E-state index contributed by atoms with van der Waals surface area (Å²) in [6.07, 6.45) is 12.7. The van der Waals surface area contributed by atoms with Gasteiger partial charge in [-0.15, -0.1) is 0 Å². The summed E-state index contributed by atoms with van der Waals surface area (Å²) in [4.78, 5) is 0. The van der Waals surface area contributed by atoms with Gasteiger partial charge >= 0.3 is 0 Å². The van der Waals surface area contributed by atoms with Crippen LogP contribution in [0.2, 0.25) is 0 Å². The Morgan fingerprint density at radius 2 is 2.05 bits per heavy atom. The second-order valence-electron chi connectivity index (χ2n) is 6.51. The zero-order valence-electron chi connectivity index (χ0n) is 12.7. The minimum Gasteiger partial charge on any atom is -0.351 e. The largest absolute Gasteiger partial charge is 0.351 e. The van der Waals surface area contributed by atoms with E-state index in [-0.39, 0.29) is 6.04 Å². The van der Waals surface area contributed by atoms with Crippen LogP contribution in [-0.4, -0.2) is 4.57 Å². The third-order valence-electron chi connectivity index (χ3n) is 4.37.